The Hall–Kier alpha value is -1.96. The lowest BCUT2D eigenvalue weighted by molar-refractivity contribution is -0.383. The fourth-order valence-corrected chi connectivity index (χ4v) is 2.17. The van der Waals surface area contributed by atoms with Crippen molar-refractivity contribution in [2.45, 2.75) is 6.42 Å². The van der Waals surface area contributed by atoms with Crippen molar-refractivity contribution in [3.05, 3.63) is 33.9 Å². The quantitative estimate of drug-likeness (QED) is 0.446. The van der Waals surface area contributed by atoms with Gasteiger partial charge < -0.3 is 10.6 Å². The zero-order chi connectivity index (χ0) is 15.1. The van der Waals surface area contributed by atoms with Crippen LogP contribution < -0.4 is 10.6 Å². The van der Waals surface area contributed by atoms with Crippen LogP contribution in [0.15, 0.2) is 18.2 Å². The summed E-state index contributed by atoms with van der Waals surface area (Å²) in [4.78, 5) is 22.1. The molecule has 0 aliphatic carbocycles. The average molecular weight is 299 g/mol. The van der Waals surface area contributed by atoms with Gasteiger partial charge in [-0.3, -0.25) is 19.1 Å². The number of anilines is 1. The summed E-state index contributed by atoms with van der Waals surface area (Å²) in [6.07, 6.45) is 2.23. The van der Waals surface area contributed by atoms with Crippen LogP contribution in [0.4, 0.5) is 11.4 Å². The van der Waals surface area contributed by atoms with E-state index < -0.39 is 15.7 Å². The van der Waals surface area contributed by atoms with E-state index in [-0.39, 0.29) is 17.3 Å². The van der Waals surface area contributed by atoms with Crippen LogP contribution in [0.2, 0.25) is 0 Å². The van der Waals surface area contributed by atoms with Gasteiger partial charge in [-0.25, -0.2) is 0 Å². The summed E-state index contributed by atoms with van der Waals surface area (Å²) < 4.78 is 10.9. The standard InChI is InChI=1S/C12H17N3O4S/c1-13-10-8-9(4-5-11(10)15(17)18)12(16)14-6-3-7-20(2)19/h4-5,8,13H,3,6-7H2,1-2H3,(H,14,16). The Morgan fingerprint density at radius 1 is 1.45 bits per heavy atom. The molecule has 1 aromatic carbocycles. The van der Waals surface area contributed by atoms with Crippen molar-refractivity contribution in [3.8, 4) is 0 Å². The molecule has 8 heteroatoms. The van der Waals surface area contributed by atoms with E-state index in [0.717, 1.165) is 0 Å². The lowest BCUT2D eigenvalue weighted by Gasteiger charge is -2.07. The van der Waals surface area contributed by atoms with Gasteiger partial charge in [0.1, 0.15) is 5.69 Å². The third kappa shape index (κ3) is 4.61. The van der Waals surface area contributed by atoms with E-state index >= 15 is 0 Å². The second kappa shape index (κ2) is 7.59. The molecule has 0 aromatic heterocycles. The number of nitro benzene ring substituents is 1. The van der Waals surface area contributed by atoms with Crippen molar-refractivity contribution in [3.63, 3.8) is 0 Å². The van der Waals surface area contributed by atoms with E-state index in [4.69, 9.17) is 0 Å². The number of hydrogen-bond acceptors (Lipinski definition) is 5. The van der Waals surface area contributed by atoms with Crippen LogP contribution in [0.25, 0.3) is 0 Å². The molecule has 0 spiro atoms. The molecule has 2 N–H and O–H groups in total. The first-order valence-electron chi connectivity index (χ1n) is 6.00. The molecule has 0 saturated carbocycles. The van der Waals surface area contributed by atoms with Crippen LogP contribution in [-0.4, -0.2) is 40.6 Å². The number of amides is 1. The highest BCUT2D eigenvalue weighted by atomic mass is 32.2. The zero-order valence-electron chi connectivity index (χ0n) is 11.3. The molecule has 7 nitrogen and oxygen atoms in total. The maximum Gasteiger partial charge on any atom is 0.292 e. The Balaban J connectivity index is 2.69. The zero-order valence-corrected chi connectivity index (χ0v) is 12.2. The maximum atomic E-state index is 11.9. The second-order valence-electron chi connectivity index (χ2n) is 4.13. The van der Waals surface area contributed by atoms with Gasteiger partial charge in [0.2, 0.25) is 0 Å². The monoisotopic (exact) mass is 299 g/mol. The topological polar surface area (TPSA) is 101 Å². The molecule has 0 bridgehead atoms. The molecule has 1 rings (SSSR count). The number of nitrogens with one attached hydrogen (secondary N) is 2. The van der Waals surface area contributed by atoms with E-state index in [2.05, 4.69) is 10.6 Å². The number of nitro groups is 1. The Kier molecular flexibility index (Phi) is 6.10. The molecular formula is C12H17N3O4S. The van der Waals surface area contributed by atoms with Crippen LogP contribution in [0, 0.1) is 10.1 Å². The summed E-state index contributed by atoms with van der Waals surface area (Å²) in [7, 11) is 0.682. The van der Waals surface area contributed by atoms with Crippen molar-refractivity contribution >= 4 is 28.1 Å². The minimum absolute atomic E-state index is 0.0783. The third-order valence-corrected chi connectivity index (χ3v) is 3.48. The Bertz CT molecular complexity index is 533. The lowest BCUT2D eigenvalue weighted by Crippen LogP contribution is -2.25. The van der Waals surface area contributed by atoms with Gasteiger partial charge in [0.05, 0.1) is 4.92 Å². The highest BCUT2D eigenvalue weighted by molar-refractivity contribution is 7.84. The Morgan fingerprint density at radius 3 is 2.70 bits per heavy atom. The van der Waals surface area contributed by atoms with Gasteiger partial charge in [0.25, 0.3) is 11.6 Å². The van der Waals surface area contributed by atoms with E-state index in [9.17, 15) is 19.1 Å². The summed E-state index contributed by atoms with van der Waals surface area (Å²) in [6.45, 7) is 0.421. The van der Waals surface area contributed by atoms with Gasteiger partial charge in [-0.05, 0) is 18.6 Å². The van der Waals surface area contributed by atoms with Crippen molar-refractivity contribution in [1.29, 1.82) is 0 Å². The van der Waals surface area contributed by atoms with E-state index in [1.165, 1.54) is 18.2 Å². The van der Waals surface area contributed by atoms with Gasteiger partial charge >= 0.3 is 0 Å². The smallest absolute Gasteiger partial charge is 0.292 e. The van der Waals surface area contributed by atoms with Crippen molar-refractivity contribution in [2.24, 2.45) is 0 Å². The second-order valence-corrected chi connectivity index (χ2v) is 5.68. The summed E-state index contributed by atoms with van der Waals surface area (Å²) in [5.41, 5.74) is 0.556. The van der Waals surface area contributed by atoms with E-state index in [0.29, 0.717) is 24.3 Å². The molecule has 0 radical (unpaired) electrons. The van der Waals surface area contributed by atoms with Gasteiger partial charge in [0, 0.05) is 48.0 Å². The first-order chi connectivity index (χ1) is 9.45. The number of carbonyl (C=O) groups is 1. The molecule has 0 heterocycles. The molecule has 1 atom stereocenters. The maximum absolute atomic E-state index is 11.9. The molecule has 0 aliphatic rings. The van der Waals surface area contributed by atoms with Crippen LogP contribution in [0.1, 0.15) is 16.8 Å². The lowest BCUT2D eigenvalue weighted by atomic mass is 10.1. The summed E-state index contributed by atoms with van der Waals surface area (Å²) in [5, 5.41) is 16.1. The van der Waals surface area contributed by atoms with Crippen LogP contribution >= 0.6 is 0 Å². The number of nitrogens with zero attached hydrogens (tertiary/aromatic N) is 1. The minimum atomic E-state index is -0.874. The van der Waals surface area contributed by atoms with Gasteiger partial charge in [-0.1, -0.05) is 0 Å². The average Bonchev–Trinajstić information content (AvgIpc) is 2.42. The van der Waals surface area contributed by atoms with Crippen LogP contribution in [0.3, 0.4) is 0 Å². The Labute approximate surface area is 119 Å². The summed E-state index contributed by atoms with van der Waals surface area (Å²) in [5.74, 6) is 0.223. The highest BCUT2D eigenvalue weighted by Crippen LogP contribution is 2.24. The van der Waals surface area contributed by atoms with Crippen molar-refractivity contribution < 1.29 is 13.9 Å². The number of carbonyl (C=O) groups excluding carboxylic acids is 1. The predicted molar refractivity (Wildman–Crippen MR) is 78.5 cm³/mol. The number of hydrogen-bond donors (Lipinski definition) is 2. The molecule has 0 fully saturated rings. The molecule has 110 valence electrons. The van der Waals surface area contributed by atoms with Gasteiger partial charge in [-0.15, -0.1) is 0 Å². The fraction of sp³-hybridized carbons (Fsp3) is 0.417. The summed E-state index contributed by atoms with van der Waals surface area (Å²) >= 11 is 0. The molecule has 1 unspecified atom stereocenters. The molecule has 1 aromatic rings. The number of benzene rings is 1. The largest absolute Gasteiger partial charge is 0.383 e. The highest BCUT2D eigenvalue weighted by Gasteiger charge is 2.15. The molecular weight excluding hydrogens is 282 g/mol. The molecule has 0 aliphatic heterocycles. The third-order valence-electron chi connectivity index (χ3n) is 2.62. The van der Waals surface area contributed by atoms with Gasteiger partial charge in [0.15, 0.2) is 0 Å². The molecule has 1 amide bonds. The van der Waals surface area contributed by atoms with Crippen LogP contribution in [0.5, 0.6) is 0 Å². The molecule has 0 saturated heterocycles. The first-order valence-corrected chi connectivity index (χ1v) is 7.73. The minimum Gasteiger partial charge on any atom is -0.383 e. The van der Waals surface area contributed by atoms with E-state index in [1.807, 2.05) is 0 Å². The fourth-order valence-electron chi connectivity index (χ4n) is 1.62. The SMILES string of the molecule is CNc1cc(C(=O)NCCCS(C)=O)ccc1[N+](=O)[O-]. The Morgan fingerprint density at radius 2 is 2.15 bits per heavy atom. The van der Waals surface area contributed by atoms with Crippen molar-refractivity contribution in [2.75, 3.05) is 30.9 Å². The summed E-state index contributed by atoms with van der Waals surface area (Å²) in [6, 6.07) is 4.14. The predicted octanol–water partition coefficient (Wildman–Crippen LogP) is 1.13. The molecule has 20 heavy (non-hydrogen) atoms. The normalized spacial score (nSPS) is 11.7. The van der Waals surface area contributed by atoms with Crippen molar-refractivity contribution in [1.82, 2.24) is 5.32 Å². The van der Waals surface area contributed by atoms with Crippen LogP contribution in [-0.2, 0) is 10.8 Å². The first kappa shape index (κ1) is 16.1. The van der Waals surface area contributed by atoms with Gasteiger partial charge in [-0.2, -0.15) is 0 Å². The number of rotatable bonds is 7. The van der Waals surface area contributed by atoms with E-state index in [1.54, 1.807) is 13.3 Å².